The molecule has 0 saturated carbocycles. The van der Waals surface area contributed by atoms with Crippen LogP contribution in [0, 0.1) is 0 Å². The normalized spacial score (nSPS) is 16.7. The van der Waals surface area contributed by atoms with Crippen molar-refractivity contribution >= 4 is 17.1 Å². The lowest BCUT2D eigenvalue weighted by atomic mass is 9.70. The maximum atomic E-state index is 2.56. The van der Waals surface area contributed by atoms with Crippen LogP contribution in [0.25, 0.3) is 44.5 Å². The van der Waals surface area contributed by atoms with Crippen molar-refractivity contribution < 1.29 is 0 Å². The van der Waals surface area contributed by atoms with Crippen molar-refractivity contribution in [2.24, 2.45) is 0 Å². The monoisotopic (exact) mass is 675 g/mol. The molecule has 1 heteroatoms. The second kappa shape index (κ2) is 11.0. The molecule has 0 fully saturated rings. The largest absolute Gasteiger partial charge is 0.309 e. The lowest BCUT2D eigenvalue weighted by Gasteiger charge is -2.43. The zero-order chi connectivity index (χ0) is 35.3. The van der Waals surface area contributed by atoms with E-state index in [1.165, 1.54) is 95.0 Å². The summed E-state index contributed by atoms with van der Waals surface area (Å²) >= 11 is 0. The van der Waals surface area contributed by atoms with Crippen molar-refractivity contribution in [1.82, 2.24) is 0 Å². The summed E-state index contributed by atoms with van der Waals surface area (Å²) in [5.74, 6) is 0. The van der Waals surface area contributed by atoms with E-state index in [9.17, 15) is 0 Å². The highest BCUT2D eigenvalue weighted by molar-refractivity contribution is 6.02. The average molecular weight is 676 g/mol. The summed E-state index contributed by atoms with van der Waals surface area (Å²) in [5.41, 5.74) is 21.3. The van der Waals surface area contributed by atoms with Gasteiger partial charge in [-0.1, -0.05) is 172 Å². The van der Waals surface area contributed by atoms with Crippen LogP contribution in [0.4, 0.5) is 17.1 Å². The topological polar surface area (TPSA) is 3.24 Å². The Kier molecular flexibility index (Phi) is 6.29. The standard InChI is InChI=1S/C52H37N/c1-51(2)43-24-13-14-26-47(43)53(48-31-29-37(33-46(48)51)35-18-7-4-8-19-35)49-27-15-25-44-50(49)40-21-10-12-23-42(40)52(44)41-22-11-9-20-38(41)39-30-28-36(32-45(39)52)34-16-5-3-6-17-34/h3-33H,1-2H3. The molecule has 1 heterocycles. The van der Waals surface area contributed by atoms with Crippen LogP contribution in [0.15, 0.2) is 188 Å². The molecule has 0 bridgehead atoms. The van der Waals surface area contributed by atoms with E-state index in [4.69, 9.17) is 0 Å². The predicted molar refractivity (Wildman–Crippen MR) is 220 cm³/mol. The van der Waals surface area contributed by atoms with Gasteiger partial charge in [0.2, 0.25) is 0 Å². The van der Waals surface area contributed by atoms with Gasteiger partial charge in [-0.15, -0.1) is 0 Å². The molecule has 8 aromatic rings. The molecule has 0 aromatic heterocycles. The van der Waals surface area contributed by atoms with Crippen LogP contribution >= 0.6 is 0 Å². The van der Waals surface area contributed by atoms with Gasteiger partial charge < -0.3 is 4.90 Å². The van der Waals surface area contributed by atoms with Crippen LogP contribution in [-0.4, -0.2) is 0 Å². The van der Waals surface area contributed by atoms with Gasteiger partial charge >= 0.3 is 0 Å². The number of hydrogen-bond donors (Lipinski definition) is 0. The van der Waals surface area contributed by atoms with Gasteiger partial charge in [-0.05, 0) is 103 Å². The van der Waals surface area contributed by atoms with Crippen molar-refractivity contribution in [3.63, 3.8) is 0 Å². The molecule has 1 spiro atoms. The molecule has 0 N–H and O–H groups in total. The third-order valence-electron chi connectivity index (χ3n) is 12.3. The van der Waals surface area contributed by atoms with Crippen LogP contribution in [0.2, 0.25) is 0 Å². The van der Waals surface area contributed by atoms with Crippen LogP contribution in [0.3, 0.4) is 0 Å². The molecule has 53 heavy (non-hydrogen) atoms. The molecule has 1 aliphatic heterocycles. The van der Waals surface area contributed by atoms with Crippen molar-refractivity contribution in [3.05, 3.63) is 221 Å². The minimum Gasteiger partial charge on any atom is -0.309 e. The van der Waals surface area contributed by atoms with Gasteiger partial charge in [0.25, 0.3) is 0 Å². The summed E-state index contributed by atoms with van der Waals surface area (Å²) < 4.78 is 0. The Morgan fingerprint density at radius 1 is 0.321 bits per heavy atom. The van der Waals surface area contributed by atoms with Crippen LogP contribution in [-0.2, 0) is 10.8 Å². The SMILES string of the molecule is CC1(C)c2ccccc2N(c2cccc3c2-c2ccccc2C32c3ccccc3-c3ccc(-c4ccccc4)cc32)c2ccc(-c3ccccc3)cc21. The van der Waals surface area contributed by atoms with Gasteiger partial charge in [-0.3, -0.25) is 0 Å². The first-order valence-corrected chi connectivity index (χ1v) is 18.7. The molecular formula is C52H37N. The predicted octanol–water partition coefficient (Wildman–Crippen LogP) is 13.5. The smallest absolute Gasteiger partial charge is 0.0726 e. The second-order valence-electron chi connectivity index (χ2n) is 15.2. The molecular weight excluding hydrogens is 639 g/mol. The van der Waals surface area contributed by atoms with E-state index >= 15 is 0 Å². The molecule has 8 aromatic carbocycles. The first-order chi connectivity index (χ1) is 26.1. The van der Waals surface area contributed by atoms with Gasteiger partial charge in [0, 0.05) is 11.0 Å². The number of nitrogens with zero attached hydrogens (tertiary/aromatic N) is 1. The summed E-state index contributed by atoms with van der Waals surface area (Å²) in [7, 11) is 0. The maximum absolute atomic E-state index is 2.56. The van der Waals surface area contributed by atoms with E-state index in [-0.39, 0.29) is 5.41 Å². The first kappa shape index (κ1) is 30.2. The van der Waals surface area contributed by atoms with Crippen LogP contribution in [0.1, 0.15) is 47.2 Å². The zero-order valence-electron chi connectivity index (χ0n) is 29.8. The number of benzene rings is 8. The van der Waals surface area contributed by atoms with Crippen LogP contribution < -0.4 is 4.90 Å². The van der Waals surface area contributed by atoms with Crippen molar-refractivity contribution in [1.29, 1.82) is 0 Å². The highest BCUT2D eigenvalue weighted by Crippen LogP contribution is 2.65. The number of fused-ring (bicyclic) bond motifs is 12. The Bertz CT molecular complexity index is 2760. The lowest BCUT2D eigenvalue weighted by Crippen LogP contribution is -2.31. The molecule has 11 rings (SSSR count). The minimum atomic E-state index is -0.451. The summed E-state index contributed by atoms with van der Waals surface area (Å²) in [5, 5.41) is 0. The van der Waals surface area contributed by atoms with E-state index in [0.29, 0.717) is 0 Å². The van der Waals surface area contributed by atoms with E-state index in [0.717, 1.165) is 0 Å². The molecule has 1 nitrogen and oxygen atoms in total. The van der Waals surface area contributed by atoms with Gasteiger partial charge in [0.1, 0.15) is 0 Å². The number of hydrogen-bond acceptors (Lipinski definition) is 1. The van der Waals surface area contributed by atoms with Gasteiger partial charge in [0.15, 0.2) is 0 Å². The fourth-order valence-electron chi connectivity index (χ4n) is 9.94. The number of anilines is 3. The Balaban J connectivity index is 1.21. The molecule has 2 aliphatic carbocycles. The third kappa shape index (κ3) is 4.02. The van der Waals surface area contributed by atoms with E-state index in [1.807, 2.05) is 0 Å². The van der Waals surface area contributed by atoms with Gasteiger partial charge in [0.05, 0.1) is 22.5 Å². The molecule has 1 atom stereocenters. The Morgan fingerprint density at radius 2 is 0.811 bits per heavy atom. The summed E-state index contributed by atoms with van der Waals surface area (Å²) in [4.78, 5) is 2.56. The van der Waals surface area contributed by atoms with Crippen molar-refractivity contribution in [3.8, 4) is 44.5 Å². The Labute approximate surface area is 311 Å². The minimum absolute atomic E-state index is 0.193. The number of para-hydroxylation sites is 1. The Hall–Kier alpha value is -6.44. The highest BCUT2D eigenvalue weighted by atomic mass is 15.2. The third-order valence-corrected chi connectivity index (χ3v) is 12.3. The summed E-state index contributed by atoms with van der Waals surface area (Å²) in [6, 6.07) is 70.2. The zero-order valence-corrected chi connectivity index (χ0v) is 29.8. The van der Waals surface area contributed by atoms with Crippen LogP contribution in [0.5, 0.6) is 0 Å². The molecule has 250 valence electrons. The first-order valence-electron chi connectivity index (χ1n) is 18.7. The average Bonchev–Trinajstić information content (AvgIpc) is 3.69. The summed E-state index contributed by atoms with van der Waals surface area (Å²) in [6.45, 7) is 4.76. The van der Waals surface area contributed by atoms with Gasteiger partial charge in [-0.2, -0.15) is 0 Å². The molecule has 3 aliphatic rings. The van der Waals surface area contributed by atoms with E-state index < -0.39 is 5.41 Å². The summed E-state index contributed by atoms with van der Waals surface area (Å²) in [6.07, 6.45) is 0. The molecule has 0 saturated heterocycles. The highest BCUT2D eigenvalue weighted by Gasteiger charge is 2.53. The van der Waals surface area contributed by atoms with Crippen molar-refractivity contribution in [2.75, 3.05) is 4.90 Å². The fourth-order valence-corrected chi connectivity index (χ4v) is 9.94. The number of rotatable bonds is 3. The quantitative estimate of drug-likeness (QED) is 0.180. The Morgan fingerprint density at radius 3 is 1.53 bits per heavy atom. The molecule has 0 amide bonds. The lowest BCUT2D eigenvalue weighted by molar-refractivity contribution is 0.632. The van der Waals surface area contributed by atoms with Crippen molar-refractivity contribution in [2.45, 2.75) is 24.7 Å². The second-order valence-corrected chi connectivity index (χ2v) is 15.2. The fraction of sp³-hybridized carbons (Fsp3) is 0.0769. The van der Waals surface area contributed by atoms with Gasteiger partial charge in [-0.25, -0.2) is 0 Å². The van der Waals surface area contributed by atoms with E-state index in [1.54, 1.807) is 0 Å². The van der Waals surface area contributed by atoms with E-state index in [2.05, 4.69) is 207 Å². The molecule has 0 radical (unpaired) electrons. The molecule has 1 unspecified atom stereocenters. The maximum Gasteiger partial charge on any atom is 0.0726 e.